The van der Waals surface area contributed by atoms with E-state index in [9.17, 15) is 0 Å². The Bertz CT molecular complexity index is 1400. The van der Waals surface area contributed by atoms with E-state index >= 15 is 0 Å². The molecule has 0 aliphatic carbocycles. The van der Waals surface area contributed by atoms with E-state index in [0.717, 1.165) is 28.8 Å². The number of halogens is 2. The molecule has 0 radical (unpaired) electrons. The van der Waals surface area contributed by atoms with E-state index in [1.165, 1.54) is 5.56 Å². The van der Waals surface area contributed by atoms with Gasteiger partial charge in [-0.3, -0.25) is 0 Å². The third-order valence-corrected chi connectivity index (χ3v) is 7.30. The van der Waals surface area contributed by atoms with Gasteiger partial charge in [-0.1, -0.05) is 126 Å². The monoisotopic (exact) mass is 567 g/mol. The highest BCUT2D eigenvalue weighted by Crippen LogP contribution is 2.35. The Morgan fingerprint density at radius 3 is 1.38 bits per heavy atom. The lowest BCUT2D eigenvalue weighted by molar-refractivity contribution is 0.306. The minimum absolute atomic E-state index is 0.0186. The van der Waals surface area contributed by atoms with Crippen LogP contribution in [0, 0.1) is 0 Å². The van der Waals surface area contributed by atoms with Gasteiger partial charge in [-0.05, 0) is 52.1 Å². The Kier molecular flexibility index (Phi) is 9.76. The molecule has 0 saturated heterocycles. The molecular weight excluding hydrogens is 537 g/mol. The molecule has 5 aromatic rings. The second kappa shape index (κ2) is 14.0. The molecule has 0 aromatic heterocycles. The summed E-state index contributed by atoms with van der Waals surface area (Å²) in [4.78, 5) is 0. The standard InChI is InChI=1S/C35H31Cl2NO2/c36-32-20-29(16-18-34(32)39-24-27-12-6-2-7-13-27)31(23-38-22-26-10-4-1-5-11-26)30-17-19-35(33(37)21-30)40-25-28-14-8-3-9-15-28/h1-21,31,38H,22-25H2. The van der Waals surface area contributed by atoms with Crippen LogP contribution in [0.15, 0.2) is 127 Å². The molecule has 3 nitrogen and oxygen atoms in total. The Morgan fingerprint density at radius 2 is 0.950 bits per heavy atom. The van der Waals surface area contributed by atoms with Crippen LogP contribution in [0.1, 0.15) is 33.7 Å². The molecule has 202 valence electrons. The summed E-state index contributed by atoms with van der Waals surface area (Å²) in [7, 11) is 0. The molecule has 0 aliphatic heterocycles. The van der Waals surface area contributed by atoms with Crippen LogP contribution < -0.4 is 14.8 Å². The van der Waals surface area contributed by atoms with Gasteiger partial charge >= 0.3 is 0 Å². The number of nitrogens with one attached hydrogen (secondary N) is 1. The first kappa shape index (κ1) is 27.8. The summed E-state index contributed by atoms with van der Waals surface area (Å²) in [5.41, 5.74) is 5.56. The number of ether oxygens (including phenoxy) is 2. The predicted octanol–water partition coefficient (Wildman–Crippen LogP) is 9.07. The molecule has 5 rings (SSSR count). The van der Waals surface area contributed by atoms with Crippen LogP contribution in [0.4, 0.5) is 0 Å². The largest absolute Gasteiger partial charge is 0.487 e. The lowest BCUT2D eigenvalue weighted by Crippen LogP contribution is -2.22. The van der Waals surface area contributed by atoms with Crippen LogP contribution in [-0.2, 0) is 19.8 Å². The summed E-state index contributed by atoms with van der Waals surface area (Å²) < 4.78 is 12.0. The summed E-state index contributed by atoms with van der Waals surface area (Å²) in [6, 6.07) is 42.5. The summed E-state index contributed by atoms with van der Waals surface area (Å²) in [6.07, 6.45) is 0. The molecule has 5 heteroatoms. The SMILES string of the molecule is Clc1cc(C(CNCc2ccccc2)c2ccc(OCc3ccccc3)c(Cl)c2)ccc1OCc1ccccc1. The quantitative estimate of drug-likeness (QED) is 0.163. The van der Waals surface area contributed by atoms with Crippen molar-refractivity contribution < 1.29 is 9.47 Å². The Morgan fingerprint density at radius 1 is 0.525 bits per heavy atom. The normalized spacial score (nSPS) is 11.0. The molecule has 0 heterocycles. The second-order valence-corrected chi connectivity index (χ2v) is 10.4. The first-order chi connectivity index (χ1) is 19.7. The molecule has 0 saturated carbocycles. The average molecular weight is 569 g/mol. The van der Waals surface area contributed by atoms with Crippen LogP contribution in [0.2, 0.25) is 10.0 Å². The van der Waals surface area contributed by atoms with Crippen molar-refractivity contribution in [1.29, 1.82) is 0 Å². The Balaban J connectivity index is 1.34. The van der Waals surface area contributed by atoms with Gasteiger partial charge in [-0.2, -0.15) is 0 Å². The highest BCUT2D eigenvalue weighted by Gasteiger charge is 2.18. The Hall–Kier alpha value is -3.76. The van der Waals surface area contributed by atoms with Crippen LogP contribution >= 0.6 is 23.2 Å². The zero-order valence-corrected chi connectivity index (χ0v) is 23.6. The van der Waals surface area contributed by atoms with Crippen molar-refractivity contribution in [2.45, 2.75) is 25.7 Å². The van der Waals surface area contributed by atoms with E-state index in [1.54, 1.807) is 0 Å². The van der Waals surface area contributed by atoms with Gasteiger partial charge in [0.1, 0.15) is 24.7 Å². The van der Waals surface area contributed by atoms with E-state index in [-0.39, 0.29) is 5.92 Å². The number of hydrogen-bond donors (Lipinski definition) is 1. The van der Waals surface area contributed by atoms with Gasteiger partial charge in [0.2, 0.25) is 0 Å². The highest BCUT2D eigenvalue weighted by atomic mass is 35.5. The molecular formula is C35H31Cl2NO2. The van der Waals surface area contributed by atoms with Gasteiger partial charge in [0.25, 0.3) is 0 Å². The fourth-order valence-electron chi connectivity index (χ4n) is 4.56. The predicted molar refractivity (Wildman–Crippen MR) is 164 cm³/mol. The van der Waals surface area contributed by atoms with Gasteiger partial charge in [-0.15, -0.1) is 0 Å². The number of rotatable bonds is 12. The lowest BCUT2D eigenvalue weighted by atomic mass is 9.91. The van der Waals surface area contributed by atoms with E-state index in [0.29, 0.717) is 41.3 Å². The van der Waals surface area contributed by atoms with Crippen LogP contribution in [0.25, 0.3) is 0 Å². The third-order valence-electron chi connectivity index (χ3n) is 6.71. The molecule has 1 N–H and O–H groups in total. The second-order valence-electron chi connectivity index (χ2n) is 9.60. The highest BCUT2D eigenvalue weighted by molar-refractivity contribution is 6.32. The maximum absolute atomic E-state index is 6.72. The fourth-order valence-corrected chi connectivity index (χ4v) is 5.04. The first-order valence-corrected chi connectivity index (χ1v) is 14.1. The van der Waals surface area contributed by atoms with Crippen molar-refractivity contribution in [3.63, 3.8) is 0 Å². The minimum atomic E-state index is 0.0186. The van der Waals surface area contributed by atoms with Crippen molar-refractivity contribution in [1.82, 2.24) is 5.32 Å². The molecule has 0 aliphatic rings. The molecule has 0 amide bonds. The van der Waals surface area contributed by atoms with Crippen LogP contribution in [-0.4, -0.2) is 6.54 Å². The van der Waals surface area contributed by atoms with Crippen molar-refractivity contribution in [2.75, 3.05) is 6.54 Å². The summed E-state index contributed by atoms with van der Waals surface area (Å²) >= 11 is 13.4. The molecule has 0 unspecified atom stereocenters. The summed E-state index contributed by atoms with van der Waals surface area (Å²) in [6.45, 7) is 2.38. The van der Waals surface area contributed by atoms with Gasteiger partial charge in [0.05, 0.1) is 10.0 Å². The Labute approximate surface area is 246 Å². The van der Waals surface area contributed by atoms with Crippen LogP contribution in [0.3, 0.4) is 0 Å². The van der Waals surface area contributed by atoms with E-state index < -0.39 is 0 Å². The zero-order chi connectivity index (χ0) is 27.6. The van der Waals surface area contributed by atoms with Crippen LogP contribution in [0.5, 0.6) is 11.5 Å². The van der Waals surface area contributed by atoms with Crippen molar-refractivity contribution in [2.24, 2.45) is 0 Å². The molecule has 0 atom stereocenters. The first-order valence-electron chi connectivity index (χ1n) is 13.3. The maximum atomic E-state index is 6.72. The number of benzene rings is 5. The summed E-state index contributed by atoms with van der Waals surface area (Å²) in [5.74, 6) is 1.34. The van der Waals surface area contributed by atoms with E-state index in [4.69, 9.17) is 32.7 Å². The topological polar surface area (TPSA) is 30.5 Å². The maximum Gasteiger partial charge on any atom is 0.138 e. The number of hydrogen-bond acceptors (Lipinski definition) is 3. The third kappa shape index (κ3) is 7.67. The van der Waals surface area contributed by atoms with Gasteiger partial charge < -0.3 is 14.8 Å². The van der Waals surface area contributed by atoms with E-state index in [2.05, 4.69) is 41.7 Å². The molecule has 40 heavy (non-hydrogen) atoms. The fraction of sp³-hybridized carbons (Fsp3) is 0.143. The minimum Gasteiger partial charge on any atom is -0.487 e. The van der Waals surface area contributed by atoms with Crippen molar-refractivity contribution in [3.8, 4) is 11.5 Å². The van der Waals surface area contributed by atoms with E-state index in [1.807, 2.05) is 91.0 Å². The van der Waals surface area contributed by atoms with Gasteiger partial charge in [-0.25, -0.2) is 0 Å². The molecule has 0 spiro atoms. The van der Waals surface area contributed by atoms with Gasteiger partial charge in [0, 0.05) is 19.0 Å². The van der Waals surface area contributed by atoms with Crippen molar-refractivity contribution in [3.05, 3.63) is 165 Å². The summed E-state index contributed by atoms with van der Waals surface area (Å²) in [5, 5.41) is 4.77. The van der Waals surface area contributed by atoms with Crippen molar-refractivity contribution >= 4 is 23.2 Å². The molecule has 0 fully saturated rings. The zero-order valence-electron chi connectivity index (χ0n) is 22.1. The molecule has 5 aromatic carbocycles. The van der Waals surface area contributed by atoms with Gasteiger partial charge in [0.15, 0.2) is 0 Å². The lowest BCUT2D eigenvalue weighted by Gasteiger charge is -2.21. The molecule has 0 bridgehead atoms. The average Bonchev–Trinajstić information content (AvgIpc) is 3.00. The smallest absolute Gasteiger partial charge is 0.138 e.